The highest BCUT2D eigenvalue weighted by Gasteiger charge is 2.31. The summed E-state index contributed by atoms with van der Waals surface area (Å²) in [6, 6.07) is 30.0. The van der Waals surface area contributed by atoms with E-state index >= 15 is 0 Å². The van der Waals surface area contributed by atoms with Crippen molar-refractivity contribution in [1.82, 2.24) is 0 Å². The standard InChI is InChI=1S/C49H58N2O6S2/c1-32-29-33(2)47(34(3)30-32)50(40-15-9-7-10-16-40)42-25-21-38(22-26-42)46(44-19-13-14-20-45(44)58(52,53)54)39-23-27-43(28-24-39)51(41-17-11-8-12-18-41)48-35(4)31-36(5)49(37(48)6)59(55,56)57/h13-14,19-31,40-41,46H,7-12,15-18H2,1-6H3,(H,52,53,54)(H,55,56,57). The molecule has 0 radical (unpaired) electrons. The average molecular weight is 835 g/mol. The van der Waals surface area contributed by atoms with Gasteiger partial charge in [-0.15, -0.1) is 0 Å². The number of hydrogen-bond acceptors (Lipinski definition) is 6. The van der Waals surface area contributed by atoms with Gasteiger partial charge < -0.3 is 9.80 Å². The van der Waals surface area contributed by atoms with Crippen LogP contribution in [-0.2, 0) is 20.2 Å². The van der Waals surface area contributed by atoms with Gasteiger partial charge in [-0.3, -0.25) is 9.11 Å². The average Bonchev–Trinajstić information content (AvgIpc) is 3.18. The van der Waals surface area contributed by atoms with Crippen molar-refractivity contribution in [3.63, 3.8) is 0 Å². The van der Waals surface area contributed by atoms with Gasteiger partial charge in [-0.25, -0.2) is 0 Å². The predicted octanol–water partition coefficient (Wildman–Crippen LogP) is 12.2. The summed E-state index contributed by atoms with van der Waals surface area (Å²) in [6.45, 7) is 12.0. The molecule has 5 aromatic rings. The predicted molar refractivity (Wildman–Crippen MR) is 239 cm³/mol. The molecule has 0 aromatic heterocycles. The van der Waals surface area contributed by atoms with Crippen molar-refractivity contribution in [3.05, 3.63) is 141 Å². The Morgan fingerprint density at radius 2 is 0.966 bits per heavy atom. The summed E-state index contributed by atoms with van der Waals surface area (Å²) in [5.74, 6) is -0.542. The molecular formula is C49H58N2O6S2. The molecule has 1 unspecified atom stereocenters. The number of hydrogen-bond donors (Lipinski definition) is 2. The Kier molecular flexibility index (Phi) is 12.5. The van der Waals surface area contributed by atoms with Crippen LogP contribution in [0.2, 0.25) is 0 Å². The first kappa shape index (κ1) is 42.6. The van der Waals surface area contributed by atoms with E-state index in [4.69, 9.17) is 0 Å². The van der Waals surface area contributed by atoms with E-state index in [1.165, 1.54) is 47.7 Å². The summed E-state index contributed by atoms with van der Waals surface area (Å²) in [5, 5.41) is 0. The Labute approximate surface area is 351 Å². The first-order valence-corrected chi connectivity index (χ1v) is 23.9. The van der Waals surface area contributed by atoms with Crippen LogP contribution < -0.4 is 9.80 Å². The van der Waals surface area contributed by atoms with E-state index in [1.807, 2.05) is 37.3 Å². The third-order valence-electron chi connectivity index (χ3n) is 12.6. The van der Waals surface area contributed by atoms with Gasteiger partial charge in [0.15, 0.2) is 0 Å². The van der Waals surface area contributed by atoms with Gasteiger partial charge in [0.2, 0.25) is 0 Å². The Balaban J connectivity index is 1.36. The van der Waals surface area contributed by atoms with Crippen LogP contribution in [0.1, 0.15) is 120 Å². The van der Waals surface area contributed by atoms with E-state index in [1.54, 1.807) is 32.0 Å². The third-order valence-corrected chi connectivity index (χ3v) is 14.7. The molecule has 2 N–H and O–H groups in total. The Bertz CT molecular complexity index is 2520. The lowest BCUT2D eigenvalue weighted by Gasteiger charge is -2.39. The molecular weight excluding hydrogens is 777 g/mol. The zero-order chi connectivity index (χ0) is 42.2. The van der Waals surface area contributed by atoms with Crippen LogP contribution in [0.15, 0.2) is 101 Å². The molecule has 0 bridgehead atoms. The van der Waals surface area contributed by atoms with E-state index in [-0.39, 0.29) is 15.8 Å². The maximum absolute atomic E-state index is 12.9. The maximum atomic E-state index is 12.9. The normalized spacial score (nSPS) is 16.2. The highest BCUT2D eigenvalue weighted by atomic mass is 32.2. The number of benzene rings is 5. The molecule has 10 heteroatoms. The molecule has 0 spiro atoms. The van der Waals surface area contributed by atoms with Crippen LogP contribution in [0.4, 0.5) is 22.7 Å². The summed E-state index contributed by atoms with van der Waals surface area (Å²) >= 11 is 0. The van der Waals surface area contributed by atoms with Crippen molar-refractivity contribution in [2.24, 2.45) is 0 Å². The van der Waals surface area contributed by atoms with Gasteiger partial charge in [0.05, 0.1) is 4.90 Å². The van der Waals surface area contributed by atoms with Crippen molar-refractivity contribution in [3.8, 4) is 0 Å². The van der Waals surface area contributed by atoms with Gasteiger partial charge in [-0.1, -0.05) is 105 Å². The van der Waals surface area contributed by atoms with Crippen LogP contribution in [0, 0.1) is 41.5 Å². The Morgan fingerprint density at radius 1 is 0.525 bits per heavy atom. The zero-order valence-electron chi connectivity index (χ0n) is 35.2. The van der Waals surface area contributed by atoms with Crippen LogP contribution in [0.5, 0.6) is 0 Å². The molecule has 8 nitrogen and oxygen atoms in total. The molecule has 2 fully saturated rings. The van der Waals surface area contributed by atoms with E-state index < -0.39 is 26.2 Å². The molecule has 0 heterocycles. The number of rotatable bonds is 11. The molecule has 2 aliphatic carbocycles. The largest absolute Gasteiger partial charge is 0.338 e. The Hall–Kier alpha value is -4.48. The number of nitrogens with zero attached hydrogens (tertiary/aromatic N) is 2. The summed E-state index contributed by atoms with van der Waals surface area (Å²) in [4.78, 5) is 4.56. The van der Waals surface area contributed by atoms with Gasteiger partial charge in [-0.2, -0.15) is 16.8 Å². The van der Waals surface area contributed by atoms with Gasteiger partial charge in [0, 0.05) is 40.8 Å². The van der Waals surface area contributed by atoms with Gasteiger partial charge in [0.25, 0.3) is 20.2 Å². The van der Waals surface area contributed by atoms with Crippen molar-refractivity contribution < 1.29 is 25.9 Å². The van der Waals surface area contributed by atoms with Gasteiger partial charge in [-0.05, 0) is 142 Å². The minimum Gasteiger partial charge on any atom is -0.338 e. The lowest BCUT2D eigenvalue weighted by Crippen LogP contribution is -2.34. The van der Waals surface area contributed by atoms with Crippen LogP contribution in [0.3, 0.4) is 0 Å². The lowest BCUT2D eigenvalue weighted by molar-refractivity contribution is 0.435. The summed E-state index contributed by atoms with van der Waals surface area (Å²) in [6.07, 6.45) is 11.0. The SMILES string of the molecule is Cc1cc(C)c(N(c2ccc(C(c3ccc(N(c4c(C)cc(C)c(S(=O)(=O)O)c4C)C4CCCCC4)cc3)c3ccccc3S(=O)(=O)O)cc2)C2CCCCC2)c(C)c1. The second-order valence-electron chi connectivity index (χ2n) is 17.0. The van der Waals surface area contributed by atoms with Crippen molar-refractivity contribution >= 4 is 43.0 Å². The number of anilines is 4. The van der Waals surface area contributed by atoms with Crippen molar-refractivity contribution in [2.45, 2.75) is 134 Å². The molecule has 0 saturated heterocycles. The highest BCUT2D eigenvalue weighted by molar-refractivity contribution is 7.86. The summed E-state index contributed by atoms with van der Waals surface area (Å²) < 4.78 is 72.1. The number of aryl methyl sites for hydroxylation is 5. The van der Waals surface area contributed by atoms with E-state index in [2.05, 4.69) is 67.0 Å². The monoisotopic (exact) mass is 834 g/mol. The maximum Gasteiger partial charge on any atom is 0.295 e. The summed E-state index contributed by atoms with van der Waals surface area (Å²) in [7, 11) is -9.05. The van der Waals surface area contributed by atoms with Gasteiger partial charge >= 0.3 is 0 Å². The molecule has 0 aliphatic heterocycles. The van der Waals surface area contributed by atoms with Crippen LogP contribution >= 0.6 is 0 Å². The van der Waals surface area contributed by atoms with Crippen LogP contribution in [0.25, 0.3) is 0 Å². The molecule has 2 aliphatic rings. The van der Waals surface area contributed by atoms with E-state index in [9.17, 15) is 25.9 Å². The molecule has 59 heavy (non-hydrogen) atoms. The smallest absolute Gasteiger partial charge is 0.295 e. The minimum atomic E-state index is -4.57. The fourth-order valence-electron chi connectivity index (χ4n) is 10.4. The zero-order valence-corrected chi connectivity index (χ0v) is 36.8. The fraction of sp³-hybridized carbons (Fsp3) is 0.388. The first-order valence-electron chi connectivity index (χ1n) is 21.1. The molecule has 0 amide bonds. The molecule has 2 saturated carbocycles. The second-order valence-corrected chi connectivity index (χ2v) is 19.7. The Morgan fingerprint density at radius 3 is 1.42 bits per heavy atom. The van der Waals surface area contributed by atoms with E-state index in [0.717, 1.165) is 78.7 Å². The highest BCUT2D eigenvalue weighted by Crippen LogP contribution is 2.44. The minimum absolute atomic E-state index is 0.0596. The lowest BCUT2D eigenvalue weighted by atomic mass is 9.84. The summed E-state index contributed by atoms with van der Waals surface area (Å²) in [5.41, 5.74) is 11.8. The molecule has 7 rings (SSSR count). The third kappa shape index (κ3) is 8.87. The quantitative estimate of drug-likeness (QED) is 0.0998. The molecule has 312 valence electrons. The van der Waals surface area contributed by atoms with Crippen molar-refractivity contribution in [1.29, 1.82) is 0 Å². The van der Waals surface area contributed by atoms with E-state index in [0.29, 0.717) is 22.7 Å². The second kappa shape index (κ2) is 17.2. The topological polar surface area (TPSA) is 115 Å². The molecule has 1 atom stereocenters. The molecule has 5 aromatic carbocycles. The van der Waals surface area contributed by atoms with Crippen molar-refractivity contribution in [2.75, 3.05) is 9.80 Å². The first-order chi connectivity index (χ1) is 28.0. The van der Waals surface area contributed by atoms with Gasteiger partial charge in [0.1, 0.15) is 4.90 Å². The van der Waals surface area contributed by atoms with Crippen LogP contribution in [-0.4, -0.2) is 38.0 Å². The fourth-order valence-corrected chi connectivity index (χ4v) is 12.0.